The lowest BCUT2D eigenvalue weighted by Gasteiger charge is -2.04. The predicted molar refractivity (Wildman–Crippen MR) is 56.1 cm³/mol. The molecule has 0 radical (unpaired) electrons. The number of nitrogens with zero attached hydrogens (tertiary/aromatic N) is 2. The maximum Gasteiger partial charge on any atom is 0.170 e. The van der Waals surface area contributed by atoms with Crippen molar-refractivity contribution in [1.29, 1.82) is 0 Å². The van der Waals surface area contributed by atoms with Gasteiger partial charge in [-0.3, -0.25) is 0 Å². The first-order valence-corrected chi connectivity index (χ1v) is 6.12. The Kier molecular flexibility index (Phi) is 2.86. The van der Waals surface area contributed by atoms with Gasteiger partial charge in [-0.25, -0.2) is 4.98 Å². The molecule has 3 nitrogen and oxygen atoms in total. The molecule has 2 unspecified atom stereocenters. The molecular formula is C8H13N3S2. The van der Waals surface area contributed by atoms with Gasteiger partial charge in [0.1, 0.15) is 5.82 Å². The molecule has 13 heavy (non-hydrogen) atoms. The molecule has 0 bridgehead atoms. The van der Waals surface area contributed by atoms with Crippen LogP contribution in [0, 0.1) is 6.92 Å². The summed E-state index contributed by atoms with van der Waals surface area (Å²) in [6, 6.07) is 0.409. The van der Waals surface area contributed by atoms with E-state index < -0.39 is 0 Å². The van der Waals surface area contributed by atoms with Crippen LogP contribution in [0.1, 0.15) is 25.1 Å². The maximum absolute atomic E-state index is 5.84. The summed E-state index contributed by atoms with van der Waals surface area (Å²) in [6.45, 7) is 1.93. The van der Waals surface area contributed by atoms with E-state index in [1.165, 1.54) is 18.0 Å². The van der Waals surface area contributed by atoms with E-state index in [1.807, 2.05) is 18.7 Å². The third-order valence-electron chi connectivity index (χ3n) is 2.20. The first-order valence-electron chi connectivity index (χ1n) is 4.46. The lowest BCUT2D eigenvalue weighted by molar-refractivity contribution is 0.706. The van der Waals surface area contributed by atoms with Crippen molar-refractivity contribution < 1.29 is 0 Å². The second-order valence-corrected chi connectivity index (χ2v) is 5.72. The van der Waals surface area contributed by atoms with Gasteiger partial charge in [-0.2, -0.15) is 4.37 Å². The molecule has 1 fully saturated rings. The second-order valence-electron chi connectivity index (χ2n) is 3.42. The van der Waals surface area contributed by atoms with Crippen molar-refractivity contribution in [1.82, 2.24) is 9.36 Å². The number of nitrogens with two attached hydrogens (primary N) is 1. The summed E-state index contributed by atoms with van der Waals surface area (Å²) < 4.78 is 5.25. The van der Waals surface area contributed by atoms with Crippen LogP contribution in [-0.2, 0) is 0 Å². The van der Waals surface area contributed by atoms with Gasteiger partial charge in [0.05, 0.1) is 0 Å². The summed E-state index contributed by atoms with van der Waals surface area (Å²) in [5, 5.41) is 0.669. The summed E-state index contributed by atoms with van der Waals surface area (Å²) >= 11 is 3.34. The Bertz CT molecular complexity index is 287. The molecule has 0 aliphatic heterocycles. The Hall–Kier alpha value is -0.130. The van der Waals surface area contributed by atoms with Gasteiger partial charge in [-0.15, -0.1) is 0 Å². The number of thioether (sulfide) groups is 1. The van der Waals surface area contributed by atoms with Crippen molar-refractivity contribution in [3.8, 4) is 0 Å². The number of aryl methyl sites for hydroxylation is 1. The molecule has 0 aromatic carbocycles. The highest BCUT2D eigenvalue weighted by Gasteiger charge is 2.23. The van der Waals surface area contributed by atoms with Crippen LogP contribution >= 0.6 is 23.3 Å². The number of rotatable bonds is 2. The molecule has 1 saturated carbocycles. The molecule has 5 heteroatoms. The zero-order valence-corrected chi connectivity index (χ0v) is 9.20. The van der Waals surface area contributed by atoms with Crippen LogP contribution in [0.25, 0.3) is 0 Å². The molecule has 0 saturated heterocycles. The molecule has 1 aromatic heterocycles. The van der Waals surface area contributed by atoms with Crippen molar-refractivity contribution in [2.45, 2.75) is 41.8 Å². The molecule has 1 aliphatic carbocycles. The van der Waals surface area contributed by atoms with Crippen LogP contribution in [-0.4, -0.2) is 20.6 Å². The Balaban J connectivity index is 1.91. The summed E-state index contributed by atoms with van der Waals surface area (Å²) in [5.74, 6) is 0.884. The van der Waals surface area contributed by atoms with Crippen LogP contribution in [0.3, 0.4) is 0 Å². The molecule has 2 rings (SSSR count). The van der Waals surface area contributed by atoms with E-state index in [4.69, 9.17) is 5.73 Å². The summed E-state index contributed by atoms with van der Waals surface area (Å²) in [7, 11) is 0. The fourth-order valence-corrected chi connectivity index (χ4v) is 3.73. The maximum atomic E-state index is 5.84. The molecule has 1 aliphatic rings. The zero-order valence-electron chi connectivity index (χ0n) is 7.56. The molecule has 1 heterocycles. The van der Waals surface area contributed by atoms with E-state index >= 15 is 0 Å². The van der Waals surface area contributed by atoms with Crippen molar-refractivity contribution in [3.63, 3.8) is 0 Å². The van der Waals surface area contributed by atoms with Gasteiger partial charge in [0.15, 0.2) is 4.34 Å². The SMILES string of the molecule is Cc1nsc(SC2CCC(N)C2)n1. The minimum absolute atomic E-state index is 0.409. The Morgan fingerprint density at radius 2 is 2.38 bits per heavy atom. The summed E-state index contributed by atoms with van der Waals surface area (Å²) in [6.07, 6.45) is 3.52. The highest BCUT2D eigenvalue weighted by molar-refractivity contribution is 8.01. The van der Waals surface area contributed by atoms with Crippen LogP contribution in [0.5, 0.6) is 0 Å². The topological polar surface area (TPSA) is 51.8 Å². The quantitative estimate of drug-likeness (QED) is 0.817. The van der Waals surface area contributed by atoms with E-state index in [2.05, 4.69) is 9.36 Å². The summed E-state index contributed by atoms with van der Waals surface area (Å²) in [4.78, 5) is 4.33. The van der Waals surface area contributed by atoms with Crippen molar-refractivity contribution in [2.75, 3.05) is 0 Å². The van der Waals surface area contributed by atoms with Gasteiger partial charge in [0, 0.05) is 11.3 Å². The first kappa shape index (κ1) is 9.43. The van der Waals surface area contributed by atoms with Gasteiger partial charge in [-0.1, -0.05) is 11.8 Å². The third kappa shape index (κ3) is 2.42. The van der Waals surface area contributed by atoms with Crippen molar-refractivity contribution in [3.05, 3.63) is 5.82 Å². The van der Waals surface area contributed by atoms with Gasteiger partial charge in [-0.05, 0) is 37.7 Å². The fraction of sp³-hybridized carbons (Fsp3) is 0.750. The van der Waals surface area contributed by atoms with E-state index in [-0.39, 0.29) is 0 Å². The zero-order chi connectivity index (χ0) is 9.26. The Labute approximate surface area is 86.3 Å². The third-order valence-corrected chi connectivity index (χ3v) is 4.37. The van der Waals surface area contributed by atoms with Crippen LogP contribution in [0.2, 0.25) is 0 Å². The average Bonchev–Trinajstić information content (AvgIpc) is 2.62. The number of aromatic nitrogens is 2. The standard InChI is InChI=1S/C8H13N3S2/c1-5-10-8(13-11-5)12-7-3-2-6(9)4-7/h6-7H,2-4,9H2,1H3. The molecule has 0 amide bonds. The lowest BCUT2D eigenvalue weighted by atomic mass is 10.3. The Morgan fingerprint density at radius 1 is 1.54 bits per heavy atom. The number of hydrogen-bond acceptors (Lipinski definition) is 5. The van der Waals surface area contributed by atoms with Gasteiger partial charge < -0.3 is 5.73 Å². The van der Waals surface area contributed by atoms with Crippen molar-refractivity contribution >= 4 is 23.3 Å². The summed E-state index contributed by atoms with van der Waals surface area (Å²) in [5.41, 5.74) is 5.84. The lowest BCUT2D eigenvalue weighted by Crippen LogP contribution is -2.15. The van der Waals surface area contributed by atoms with E-state index in [1.54, 1.807) is 0 Å². The molecular weight excluding hydrogens is 202 g/mol. The van der Waals surface area contributed by atoms with Crippen LogP contribution in [0.4, 0.5) is 0 Å². The molecule has 2 atom stereocenters. The van der Waals surface area contributed by atoms with E-state index in [0.717, 1.165) is 23.0 Å². The monoisotopic (exact) mass is 215 g/mol. The number of hydrogen-bond donors (Lipinski definition) is 1. The minimum Gasteiger partial charge on any atom is -0.328 e. The smallest absolute Gasteiger partial charge is 0.170 e. The minimum atomic E-state index is 0.409. The highest BCUT2D eigenvalue weighted by atomic mass is 32.2. The van der Waals surface area contributed by atoms with Crippen LogP contribution in [0.15, 0.2) is 4.34 Å². The first-order chi connectivity index (χ1) is 6.24. The van der Waals surface area contributed by atoms with E-state index in [9.17, 15) is 0 Å². The van der Waals surface area contributed by atoms with Gasteiger partial charge in [0.25, 0.3) is 0 Å². The highest BCUT2D eigenvalue weighted by Crippen LogP contribution is 2.34. The Morgan fingerprint density at radius 3 is 2.92 bits per heavy atom. The van der Waals surface area contributed by atoms with Gasteiger partial charge >= 0.3 is 0 Å². The van der Waals surface area contributed by atoms with E-state index in [0.29, 0.717) is 11.3 Å². The second kappa shape index (κ2) is 3.94. The molecule has 72 valence electrons. The predicted octanol–water partition coefficient (Wildman–Crippen LogP) is 1.82. The average molecular weight is 215 g/mol. The normalized spacial score (nSPS) is 28.2. The molecule has 0 spiro atoms. The molecule has 1 aromatic rings. The molecule has 2 N–H and O–H groups in total. The fourth-order valence-electron chi connectivity index (χ4n) is 1.55. The van der Waals surface area contributed by atoms with Crippen LogP contribution < -0.4 is 5.73 Å². The largest absolute Gasteiger partial charge is 0.328 e. The van der Waals surface area contributed by atoms with Gasteiger partial charge in [0.2, 0.25) is 0 Å². The van der Waals surface area contributed by atoms with Crippen molar-refractivity contribution in [2.24, 2.45) is 5.73 Å².